The van der Waals surface area contributed by atoms with Crippen LogP contribution < -0.4 is 4.74 Å². The summed E-state index contributed by atoms with van der Waals surface area (Å²) in [5.41, 5.74) is 4.01. The molecule has 38 heavy (non-hydrogen) atoms. The van der Waals surface area contributed by atoms with Gasteiger partial charge in [-0.15, -0.1) is 0 Å². The number of rotatable bonds is 7. The van der Waals surface area contributed by atoms with Crippen LogP contribution >= 0.6 is 0 Å². The molecule has 0 spiro atoms. The number of ether oxygens (including phenoxy) is 1. The Kier molecular flexibility index (Phi) is 8.06. The quantitative estimate of drug-likeness (QED) is 0.284. The molecule has 2 aliphatic carbocycles. The highest BCUT2D eigenvalue weighted by Gasteiger charge is 2.27. The molecule has 1 nitrogen and oxygen atoms in total. The van der Waals surface area contributed by atoms with Gasteiger partial charge in [0.1, 0.15) is 12.4 Å². The number of halogens is 3. The number of benzene rings is 3. The van der Waals surface area contributed by atoms with Crippen LogP contribution in [0.2, 0.25) is 0 Å². The van der Waals surface area contributed by atoms with Crippen molar-refractivity contribution in [1.29, 1.82) is 0 Å². The fourth-order valence-corrected chi connectivity index (χ4v) is 6.10. The predicted octanol–water partition coefficient (Wildman–Crippen LogP) is 10.0. The van der Waals surface area contributed by atoms with Crippen LogP contribution in [0.5, 0.6) is 5.75 Å². The van der Waals surface area contributed by atoms with Gasteiger partial charge in [0.2, 0.25) is 5.82 Å². The normalized spacial score (nSPS) is 21.6. The van der Waals surface area contributed by atoms with E-state index in [1.165, 1.54) is 55.9 Å². The fraction of sp³-hybridized carbons (Fsp3) is 0.353. The van der Waals surface area contributed by atoms with Crippen molar-refractivity contribution >= 4 is 5.57 Å². The Bertz CT molecular complexity index is 1320. The van der Waals surface area contributed by atoms with Gasteiger partial charge in [-0.3, -0.25) is 0 Å². The third-order valence-corrected chi connectivity index (χ3v) is 8.43. The lowest BCUT2D eigenvalue weighted by molar-refractivity contribution is 0.202. The molecule has 4 heteroatoms. The Balaban J connectivity index is 1.29. The van der Waals surface area contributed by atoms with E-state index < -0.39 is 11.6 Å². The van der Waals surface area contributed by atoms with E-state index in [1.807, 2.05) is 12.1 Å². The first-order valence-electron chi connectivity index (χ1n) is 13.8. The maximum absolute atomic E-state index is 15.2. The topological polar surface area (TPSA) is 9.23 Å². The molecule has 1 fully saturated rings. The van der Waals surface area contributed by atoms with Crippen LogP contribution in [0.15, 0.2) is 73.3 Å². The van der Waals surface area contributed by atoms with E-state index in [0.717, 1.165) is 36.2 Å². The van der Waals surface area contributed by atoms with Gasteiger partial charge in [0.15, 0.2) is 11.6 Å². The summed E-state index contributed by atoms with van der Waals surface area (Å²) in [7, 11) is 0. The Labute approximate surface area is 224 Å². The lowest BCUT2D eigenvalue weighted by Crippen LogP contribution is -2.22. The van der Waals surface area contributed by atoms with Gasteiger partial charge in [0.05, 0.1) is 0 Å². The van der Waals surface area contributed by atoms with Crippen molar-refractivity contribution in [3.05, 3.63) is 96.3 Å². The van der Waals surface area contributed by atoms with E-state index in [-0.39, 0.29) is 23.7 Å². The number of hydrogen-bond donors (Lipinski definition) is 0. The van der Waals surface area contributed by atoms with E-state index in [0.29, 0.717) is 16.7 Å². The maximum Gasteiger partial charge on any atom is 0.201 e. The molecule has 0 saturated heterocycles. The molecule has 1 atom stereocenters. The highest BCUT2D eigenvalue weighted by atomic mass is 19.2. The summed E-state index contributed by atoms with van der Waals surface area (Å²) >= 11 is 0. The molecule has 0 N–H and O–H groups in total. The van der Waals surface area contributed by atoms with E-state index in [9.17, 15) is 8.78 Å². The molecule has 3 aromatic carbocycles. The predicted molar refractivity (Wildman–Crippen MR) is 149 cm³/mol. The standard InChI is InChI=1S/C34H35F3O/c1-3-20-38-32-19-18-30(33(36)34(32)37)27-14-12-26(13-15-27)29-17-16-28(21-31(29)35)25-10-8-24(9-11-25)23-6-4-22(2)5-7-23/h3,10,12-19,21-24H,1,4-9,11,20H2,2H3. The van der Waals surface area contributed by atoms with Crippen molar-refractivity contribution in [2.45, 2.75) is 51.9 Å². The number of hydrogen-bond acceptors (Lipinski definition) is 1. The molecule has 5 rings (SSSR count). The second kappa shape index (κ2) is 11.6. The van der Waals surface area contributed by atoms with Crippen molar-refractivity contribution in [3.8, 4) is 28.0 Å². The van der Waals surface area contributed by atoms with E-state index in [1.54, 1.807) is 30.3 Å². The summed E-state index contributed by atoms with van der Waals surface area (Å²) in [6, 6.07) is 15.2. The van der Waals surface area contributed by atoms with Gasteiger partial charge in [-0.05, 0) is 90.3 Å². The molecule has 0 bridgehead atoms. The molecular formula is C34H35F3O. The van der Waals surface area contributed by atoms with Crippen LogP contribution in [0.25, 0.3) is 27.8 Å². The van der Waals surface area contributed by atoms with Crippen LogP contribution in [0.4, 0.5) is 13.2 Å². The van der Waals surface area contributed by atoms with Gasteiger partial charge in [0, 0.05) is 11.1 Å². The van der Waals surface area contributed by atoms with Crippen LogP contribution in [-0.4, -0.2) is 6.61 Å². The van der Waals surface area contributed by atoms with Crippen LogP contribution in [0.3, 0.4) is 0 Å². The third-order valence-electron chi connectivity index (χ3n) is 8.43. The highest BCUT2D eigenvalue weighted by Crippen LogP contribution is 2.41. The van der Waals surface area contributed by atoms with Gasteiger partial charge in [-0.25, -0.2) is 8.78 Å². The monoisotopic (exact) mass is 516 g/mol. The maximum atomic E-state index is 15.2. The van der Waals surface area contributed by atoms with Gasteiger partial charge in [0.25, 0.3) is 0 Å². The second-order valence-corrected chi connectivity index (χ2v) is 10.9. The van der Waals surface area contributed by atoms with E-state index in [2.05, 4.69) is 19.6 Å². The van der Waals surface area contributed by atoms with Gasteiger partial charge < -0.3 is 4.74 Å². The molecule has 3 aromatic rings. The van der Waals surface area contributed by atoms with Gasteiger partial charge in [-0.1, -0.05) is 74.9 Å². The summed E-state index contributed by atoms with van der Waals surface area (Å²) in [6.45, 7) is 5.96. The Morgan fingerprint density at radius 3 is 2.08 bits per heavy atom. The van der Waals surface area contributed by atoms with Crippen LogP contribution in [0.1, 0.15) is 57.4 Å². The van der Waals surface area contributed by atoms with Crippen LogP contribution in [-0.2, 0) is 0 Å². The SMILES string of the molecule is C=CCOc1ccc(-c2ccc(-c3ccc(C4=CCC(C5CCC(C)CC5)CC4)cc3F)cc2)c(F)c1F. The molecule has 2 aliphatic rings. The average molecular weight is 517 g/mol. The summed E-state index contributed by atoms with van der Waals surface area (Å²) in [6.07, 6.45) is 12.5. The van der Waals surface area contributed by atoms with Crippen LogP contribution in [0, 0.1) is 35.2 Å². The van der Waals surface area contributed by atoms with Crippen molar-refractivity contribution < 1.29 is 17.9 Å². The second-order valence-electron chi connectivity index (χ2n) is 10.9. The molecule has 0 aliphatic heterocycles. The minimum Gasteiger partial charge on any atom is -0.486 e. The Morgan fingerprint density at radius 1 is 0.789 bits per heavy atom. The summed E-state index contributed by atoms with van der Waals surface area (Å²) in [5.74, 6) is 0.0415. The van der Waals surface area contributed by atoms with E-state index in [4.69, 9.17) is 4.74 Å². The van der Waals surface area contributed by atoms with Crippen molar-refractivity contribution in [2.75, 3.05) is 6.61 Å². The Hall–Kier alpha value is -3.27. The average Bonchev–Trinajstić information content (AvgIpc) is 2.94. The zero-order valence-electron chi connectivity index (χ0n) is 22.0. The molecule has 0 amide bonds. The Morgan fingerprint density at radius 2 is 1.45 bits per heavy atom. The summed E-state index contributed by atoms with van der Waals surface area (Å²) in [4.78, 5) is 0. The minimum atomic E-state index is -1.04. The smallest absolute Gasteiger partial charge is 0.201 e. The molecule has 0 aromatic heterocycles. The first-order chi connectivity index (χ1) is 18.4. The summed E-state index contributed by atoms with van der Waals surface area (Å²) in [5, 5.41) is 0. The molecule has 1 unspecified atom stereocenters. The minimum absolute atomic E-state index is 0.0897. The van der Waals surface area contributed by atoms with Gasteiger partial charge >= 0.3 is 0 Å². The van der Waals surface area contributed by atoms with Crippen molar-refractivity contribution in [1.82, 2.24) is 0 Å². The van der Waals surface area contributed by atoms with Crippen molar-refractivity contribution in [3.63, 3.8) is 0 Å². The lowest BCUT2D eigenvalue weighted by atomic mass is 9.71. The largest absolute Gasteiger partial charge is 0.486 e. The number of allylic oxidation sites excluding steroid dienone is 2. The molecule has 1 saturated carbocycles. The lowest BCUT2D eigenvalue weighted by Gasteiger charge is -2.34. The first-order valence-corrected chi connectivity index (χ1v) is 13.8. The van der Waals surface area contributed by atoms with E-state index >= 15 is 4.39 Å². The van der Waals surface area contributed by atoms with Gasteiger partial charge in [-0.2, -0.15) is 4.39 Å². The highest BCUT2D eigenvalue weighted by molar-refractivity contribution is 5.74. The zero-order chi connectivity index (χ0) is 26.6. The molecule has 0 heterocycles. The first kappa shape index (κ1) is 26.3. The molecule has 0 radical (unpaired) electrons. The molecule has 198 valence electrons. The molecular weight excluding hydrogens is 481 g/mol. The zero-order valence-corrected chi connectivity index (χ0v) is 22.0. The van der Waals surface area contributed by atoms with Crippen molar-refractivity contribution in [2.24, 2.45) is 17.8 Å². The third kappa shape index (κ3) is 5.60. The fourth-order valence-electron chi connectivity index (χ4n) is 6.10. The summed E-state index contributed by atoms with van der Waals surface area (Å²) < 4.78 is 49.5.